The van der Waals surface area contributed by atoms with Gasteiger partial charge in [-0.25, -0.2) is 0 Å². The van der Waals surface area contributed by atoms with Crippen LogP contribution in [0.1, 0.15) is 15.9 Å². The molecule has 6 nitrogen and oxygen atoms in total. The number of nitrogen functional groups attached to an aromatic ring is 1. The Balaban J connectivity index is 2.35. The topological polar surface area (TPSA) is 98.3 Å². The van der Waals surface area contributed by atoms with E-state index < -0.39 is 10.8 Å². The molecule has 0 aliphatic rings. The molecule has 1 amide bonds. The van der Waals surface area contributed by atoms with Crippen LogP contribution in [0.15, 0.2) is 40.9 Å². The van der Waals surface area contributed by atoms with E-state index in [1.807, 2.05) is 13.0 Å². The smallest absolute Gasteiger partial charge is 0.292 e. The molecule has 0 atom stereocenters. The lowest BCUT2D eigenvalue weighted by Gasteiger charge is -2.10. The minimum atomic E-state index is -0.616. The lowest BCUT2D eigenvalue weighted by Crippen LogP contribution is -2.15. The summed E-state index contributed by atoms with van der Waals surface area (Å²) in [6, 6.07) is 9.54. The lowest BCUT2D eigenvalue weighted by atomic mass is 10.1. The maximum absolute atomic E-state index is 12.2. The van der Waals surface area contributed by atoms with E-state index in [9.17, 15) is 14.9 Å². The number of nitro groups is 1. The van der Waals surface area contributed by atoms with E-state index in [2.05, 4.69) is 21.2 Å². The van der Waals surface area contributed by atoms with Gasteiger partial charge in [0.15, 0.2) is 0 Å². The van der Waals surface area contributed by atoms with Gasteiger partial charge in [0.25, 0.3) is 11.6 Å². The van der Waals surface area contributed by atoms with E-state index in [4.69, 9.17) is 5.73 Å². The maximum Gasteiger partial charge on any atom is 0.292 e. The molecule has 2 rings (SSSR count). The number of halogens is 1. The zero-order valence-corrected chi connectivity index (χ0v) is 12.7. The summed E-state index contributed by atoms with van der Waals surface area (Å²) in [5.74, 6) is -0.498. The minimum absolute atomic E-state index is 0.0672. The molecule has 0 radical (unpaired) electrons. The zero-order valence-electron chi connectivity index (χ0n) is 11.1. The van der Waals surface area contributed by atoms with Crippen molar-refractivity contribution in [1.82, 2.24) is 0 Å². The molecule has 0 saturated heterocycles. The van der Waals surface area contributed by atoms with Crippen LogP contribution in [0, 0.1) is 17.0 Å². The van der Waals surface area contributed by atoms with Gasteiger partial charge >= 0.3 is 0 Å². The van der Waals surface area contributed by atoms with E-state index >= 15 is 0 Å². The van der Waals surface area contributed by atoms with Crippen molar-refractivity contribution in [3.8, 4) is 0 Å². The van der Waals surface area contributed by atoms with E-state index in [0.29, 0.717) is 5.69 Å². The van der Waals surface area contributed by atoms with Gasteiger partial charge in [0.1, 0.15) is 5.69 Å². The second kappa shape index (κ2) is 5.92. The molecule has 21 heavy (non-hydrogen) atoms. The van der Waals surface area contributed by atoms with E-state index in [0.717, 1.165) is 10.0 Å². The molecule has 108 valence electrons. The fraction of sp³-hybridized carbons (Fsp3) is 0.0714. The van der Waals surface area contributed by atoms with Gasteiger partial charge in [0.2, 0.25) is 0 Å². The average Bonchev–Trinajstić information content (AvgIpc) is 2.43. The quantitative estimate of drug-likeness (QED) is 0.503. The highest BCUT2D eigenvalue weighted by Gasteiger charge is 2.19. The van der Waals surface area contributed by atoms with Crippen LogP contribution in [0.5, 0.6) is 0 Å². The fourth-order valence-corrected chi connectivity index (χ4v) is 2.21. The largest absolute Gasteiger partial charge is 0.393 e. The van der Waals surface area contributed by atoms with Gasteiger partial charge in [0, 0.05) is 10.5 Å². The van der Waals surface area contributed by atoms with Crippen LogP contribution in [0.4, 0.5) is 17.1 Å². The Labute approximate surface area is 129 Å². The highest BCUT2D eigenvalue weighted by molar-refractivity contribution is 9.10. The summed E-state index contributed by atoms with van der Waals surface area (Å²) in [5, 5.41) is 13.5. The number of para-hydroxylation sites is 1. The SMILES string of the molecule is Cc1cccc(NC(=O)c2cccc([N+](=O)[O-])c2N)c1Br. The summed E-state index contributed by atoms with van der Waals surface area (Å²) in [6.07, 6.45) is 0. The van der Waals surface area contributed by atoms with E-state index in [1.54, 1.807) is 12.1 Å². The van der Waals surface area contributed by atoms with Crippen molar-refractivity contribution < 1.29 is 9.72 Å². The normalized spacial score (nSPS) is 10.2. The zero-order chi connectivity index (χ0) is 15.6. The molecule has 0 heterocycles. The van der Waals surface area contributed by atoms with Crippen molar-refractivity contribution in [2.45, 2.75) is 6.92 Å². The van der Waals surface area contributed by atoms with Crippen molar-refractivity contribution in [3.63, 3.8) is 0 Å². The molecule has 0 aromatic heterocycles. The van der Waals surface area contributed by atoms with Crippen molar-refractivity contribution in [2.75, 3.05) is 11.1 Å². The predicted molar refractivity (Wildman–Crippen MR) is 84.3 cm³/mol. The molecule has 0 saturated carbocycles. The van der Waals surface area contributed by atoms with Gasteiger partial charge in [-0.1, -0.05) is 18.2 Å². The molecule has 2 aromatic rings. The average molecular weight is 350 g/mol. The molecule has 2 aromatic carbocycles. The highest BCUT2D eigenvalue weighted by Crippen LogP contribution is 2.28. The molecule has 0 bridgehead atoms. The monoisotopic (exact) mass is 349 g/mol. The number of carbonyl (C=O) groups is 1. The Hall–Kier alpha value is -2.41. The van der Waals surface area contributed by atoms with Crippen LogP contribution >= 0.6 is 15.9 Å². The number of rotatable bonds is 3. The van der Waals surface area contributed by atoms with Crippen LogP contribution < -0.4 is 11.1 Å². The number of nitrogens with zero attached hydrogens (tertiary/aromatic N) is 1. The summed E-state index contributed by atoms with van der Waals surface area (Å²) in [5.41, 5.74) is 6.86. The number of benzene rings is 2. The van der Waals surface area contributed by atoms with E-state index in [-0.39, 0.29) is 16.9 Å². The third kappa shape index (κ3) is 3.03. The molecule has 3 N–H and O–H groups in total. The maximum atomic E-state index is 12.2. The Morgan fingerprint density at radius 3 is 2.62 bits per heavy atom. The summed E-state index contributed by atoms with van der Waals surface area (Å²) < 4.78 is 0.752. The van der Waals surface area contributed by atoms with Gasteiger partial charge in [-0.15, -0.1) is 0 Å². The van der Waals surface area contributed by atoms with Crippen LogP contribution in [-0.4, -0.2) is 10.8 Å². The fourth-order valence-electron chi connectivity index (χ4n) is 1.84. The molecule has 0 aliphatic heterocycles. The van der Waals surface area contributed by atoms with Crippen LogP contribution in [0.25, 0.3) is 0 Å². The summed E-state index contributed by atoms with van der Waals surface area (Å²) in [4.78, 5) is 22.5. The first kappa shape index (κ1) is 15.0. The molecular formula is C14H12BrN3O3. The highest BCUT2D eigenvalue weighted by atomic mass is 79.9. The van der Waals surface area contributed by atoms with Crippen LogP contribution in [0.3, 0.4) is 0 Å². The second-order valence-electron chi connectivity index (χ2n) is 4.39. The van der Waals surface area contributed by atoms with Gasteiger partial charge in [-0.05, 0) is 40.5 Å². The van der Waals surface area contributed by atoms with Crippen molar-refractivity contribution >= 4 is 38.9 Å². The molecule has 0 spiro atoms. The van der Waals surface area contributed by atoms with Gasteiger partial charge in [-0.3, -0.25) is 14.9 Å². The first-order valence-electron chi connectivity index (χ1n) is 6.01. The third-order valence-corrected chi connectivity index (χ3v) is 4.02. The molecule has 0 fully saturated rings. The number of hydrogen-bond donors (Lipinski definition) is 2. The Morgan fingerprint density at radius 1 is 1.29 bits per heavy atom. The number of hydrogen-bond acceptors (Lipinski definition) is 4. The number of carbonyl (C=O) groups excluding carboxylic acids is 1. The lowest BCUT2D eigenvalue weighted by molar-refractivity contribution is -0.383. The standard InChI is InChI=1S/C14H12BrN3O3/c1-8-4-2-6-10(12(8)15)17-14(19)9-5-3-7-11(13(9)16)18(20)21/h2-7H,16H2,1H3,(H,17,19). The molecule has 0 aliphatic carbocycles. The van der Waals surface area contributed by atoms with Crippen molar-refractivity contribution in [3.05, 3.63) is 62.1 Å². The van der Waals surface area contributed by atoms with Gasteiger partial charge in [-0.2, -0.15) is 0 Å². The molecule has 0 unspecified atom stereocenters. The van der Waals surface area contributed by atoms with Crippen molar-refractivity contribution in [2.24, 2.45) is 0 Å². The van der Waals surface area contributed by atoms with Gasteiger partial charge < -0.3 is 11.1 Å². The Kier molecular flexibility index (Phi) is 4.23. The first-order valence-corrected chi connectivity index (χ1v) is 6.80. The van der Waals surface area contributed by atoms with Gasteiger partial charge in [0.05, 0.1) is 16.2 Å². The summed E-state index contributed by atoms with van der Waals surface area (Å²) in [7, 11) is 0. The number of amides is 1. The number of nitrogens with two attached hydrogens (primary N) is 1. The predicted octanol–water partition coefficient (Wildman–Crippen LogP) is 3.50. The second-order valence-corrected chi connectivity index (χ2v) is 5.18. The number of nitro benzene ring substituents is 1. The summed E-state index contributed by atoms with van der Waals surface area (Å²) in [6.45, 7) is 1.89. The number of anilines is 2. The summed E-state index contributed by atoms with van der Waals surface area (Å²) >= 11 is 3.38. The van der Waals surface area contributed by atoms with E-state index in [1.165, 1.54) is 18.2 Å². The van der Waals surface area contributed by atoms with Crippen LogP contribution in [0.2, 0.25) is 0 Å². The third-order valence-electron chi connectivity index (χ3n) is 2.96. The molecule has 7 heteroatoms. The number of nitrogens with one attached hydrogen (secondary N) is 1. The Morgan fingerprint density at radius 2 is 1.95 bits per heavy atom. The first-order chi connectivity index (χ1) is 9.91. The number of aryl methyl sites for hydroxylation is 1. The van der Waals surface area contributed by atoms with Crippen molar-refractivity contribution in [1.29, 1.82) is 0 Å². The van der Waals surface area contributed by atoms with Crippen LogP contribution in [-0.2, 0) is 0 Å². The molecular weight excluding hydrogens is 338 g/mol. The Bertz CT molecular complexity index is 731. The minimum Gasteiger partial charge on any atom is -0.393 e.